The van der Waals surface area contributed by atoms with Crippen LogP contribution in [0.15, 0.2) is 69.2 Å². The van der Waals surface area contributed by atoms with Gasteiger partial charge in [0, 0.05) is 18.8 Å². The number of phenols is 1. The number of hydrogen-bond donors (Lipinski definition) is 2. The summed E-state index contributed by atoms with van der Waals surface area (Å²) in [5, 5.41) is 19.8. The third-order valence-corrected chi connectivity index (χ3v) is 4.78. The largest absolute Gasteiger partial charge is 0.508 e. The zero-order chi connectivity index (χ0) is 20.0. The van der Waals surface area contributed by atoms with Gasteiger partial charge >= 0.3 is 0 Å². The highest BCUT2D eigenvalue weighted by Gasteiger charge is 2.28. The van der Waals surface area contributed by atoms with Crippen molar-refractivity contribution in [2.75, 3.05) is 0 Å². The topological polar surface area (TPSA) is 96.8 Å². The van der Waals surface area contributed by atoms with Gasteiger partial charge in [-0.25, -0.2) is 9.67 Å². The Labute approximate surface area is 159 Å². The van der Waals surface area contributed by atoms with E-state index in [1.807, 2.05) is 18.2 Å². The Kier molecular flexibility index (Phi) is 4.00. The van der Waals surface area contributed by atoms with Gasteiger partial charge in [-0.05, 0) is 31.2 Å². The van der Waals surface area contributed by atoms with Crippen molar-refractivity contribution >= 4 is 5.69 Å². The maximum Gasteiger partial charge on any atom is 0.279 e. The van der Waals surface area contributed by atoms with E-state index in [0.717, 1.165) is 0 Å². The smallest absolute Gasteiger partial charge is 0.279 e. The van der Waals surface area contributed by atoms with E-state index in [-0.39, 0.29) is 28.0 Å². The van der Waals surface area contributed by atoms with Gasteiger partial charge in [-0.15, -0.1) is 0 Å². The number of para-hydroxylation sites is 1. The second kappa shape index (κ2) is 6.38. The monoisotopic (exact) mass is 375 g/mol. The van der Waals surface area contributed by atoms with E-state index in [0.29, 0.717) is 17.1 Å². The maximum atomic E-state index is 13.0. The van der Waals surface area contributed by atoms with Gasteiger partial charge in [0.1, 0.15) is 5.75 Å². The zero-order valence-electron chi connectivity index (χ0n) is 15.2. The van der Waals surface area contributed by atoms with Gasteiger partial charge in [-0.3, -0.25) is 14.3 Å². The summed E-state index contributed by atoms with van der Waals surface area (Å²) in [5.41, 5.74) is 0.769. The van der Waals surface area contributed by atoms with Crippen LogP contribution in [0.2, 0.25) is 0 Å². The van der Waals surface area contributed by atoms with E-state index in [9.17, 15) is 19.8 Å². The van der Waals surface area contributed by atoms with E-state index in [1.165, 1.54) is 16.8 Å². The normalized spacial score (nSPS) is 12.0. The van der Waals surface area contributed by atoms with E-state index in [2.05, 4.69) is 4.99 Å². The molecule has 0 aliphatic rings. The van der Waals surface area contributed by atoms with Crippen LogP contribution in [0.1, 0.15) is 5.69 Å². The number of rotatable bonds is 3. The van der Waals surface area contributed by atoms with Crippen molar-refractivity contribution < 1.29 is 10.2 Å². The van der Waals surface area contributed by atoms with Gasteiger partial charge in [-0.2, -0.15) is 0 Å². The molecule has 0 atom stereocenters. The minimum Gasteiger partial charge on any atom is -0.508 e. The molecule has 4 rings (SSSR count). The fourth-order valence-electron chi connectivity index (χ4n) is 3.27. The zero-order valence-corrected chi connectivity index (χ0v) is 15.2. The number of aromatic nitrogens is 2. The van der Waals surface area contributed by atoms with Crippen molar-refractivity contribution in [3.05, 3.63) is 86.2 Å². The molecule has 0 aliphatic heterocycles. The lowest BCUT2D eigenvalue weighted by Crippen LogP contribution is -2.35. The second-order valence-corrected chi connectivity index (χ2v) is 6.47. The van der Waals surface area contributed by atoms with E-state index in [4.69, 9.17) is 0 Å². The van der Waals surface area contributed by atoms with Crippen LogP contribution in [0.5, 0.6) is 11.5 Å². The highest BCUT2D eigenvalue weighted by molar-refractivity contribution is 5.75. The van der Waals surface area contributed by atoms with E-state index in [1.54, 1.807) is 42.9 Å². The third-order valence-electron chi connectivity index (χ3n) is 4.78. The van der Waals surface area contributed by atoms with Crippen LogP contribution in [0.25, 0.3) is 16.8 Å². The molecule has 4 aromatic rings. The Balaban J connectivity index is 1.89. The van der Waals surface area contributed by atoms with Crippen LogP contribution in [0, 0.1) is 6.92 Å². The molecule has 0 saturated carbocycles. The molecule has 2 N–H and O–H groups in total. The van der Waals surface area contributed by atoms with Crippen LogP contribution in [-0.4, -0.2) is 19.6 Å². The molecular weight excluding hydrogens is 358 g/mol. The molecular formula is C21H17N3O4. The van der Waals surface area contributed by atoms with Gasteiger partial charge < -0.3 is 10.2 Å². The first-order chi connectivity index (χ1) is 13.4. The number of aromatic hydroxyl groups is 2. The first-order valence-corrected chi connectivity index (χ1v) is 8.60. The quantitative estimate of drug-likeness (QED) is 0.573. The summed E-state index contributed by atoms with van der Waals surface area (Å²) in [7, 11) is 1.72. The van der Waals surface area contributed by atoms with Crippen molar-refractivity contribution in [1.29, 1.82) is 0 Å². The summed E-state index contributed by atoms with van der Waals surface area (Å²) >= 11 is 0. The number of benzene rings is 2. The number of hydrogen-bond acceptors (Lipinski definition) is 5. The van der Waals surface area contributed by atoms with Crippen molar-refractivity contribution in [2.45, 2.75) is 6.92 Å². The standard InChI is InChI=1S/C21H17N3O4/c1-12-16(21(28)24(23(12)2)14-8-4-3-5-9-14)17-19(26)18(20(17)27)22-13-7-6-10-15(25)11-13/h3-11,25-26H,1-2H3. The van der Waals surface area contributed by atoms with Gasteiger partial charge in [0.2, 0.25) is 5.43 Å². The summed E-state index contributed by atoms with van der Waals surface area (Å²) in [6.07, 6.45) is 0. The van der Waals surface area contributed by atoms with Crippen molar-refractivity contribution in [1.82, 2.24) is 9.36 Å². The molecule has 0 fully saturated rings. The summed E-state index contributed by atoms with van der Waals surface area (Å²) in [6, 6.07) is 15.1. The lowest BCUT2D eigenvalue weighted by Gasteiger charge is -2.08. The molecule has 3 aromatic carbocycles. The molecule has 0 unspecified atom stereocenters. The van der Waals surface area contributed by atoms with E-state index >= 15 is 0 Å². The lowest BCUT2D eigenvalue weighted by atomic mass is 10.00. The molecule has 0 bridgehead atoms. The molecule has 0 spiro atoms. The Morgan fingerprint density at radius 3 is 2.29 bits per heavy atom. The summed E-state index contributed by atoms with van der Waals surface area (Å²) in [5.74, 6) is -0.318. The summed E-state index contributed by atoms with van der Waals surface area (Å²) in [4.78, 5) is 29.8. The Bertz CT molecular complexity index is 1340. The predicted molar refractivity (Wildman–Crippen MR) is 105 cm³/mol. The molecule has 0 amide bonds. The fourth-order valence-corrected chi connectivity index (χ4v) is 3.27. The van der Waals surface area contributed by atoms with Crippen molar-refractivity contribution in [3.8, 4) is 28.3 Å². The molecule has 0 radical (unpaired) electrons. The molecule has 1 aromatic heterocycles. The fraction of sp³-hybridized carbons (Fsp3) is 0.0952. The molecule has 7 heteroatoms. The van der Waals surface area contributed by atoms with Gasteiger partial charge in [0.15, 0.2) is 11.1 Å². The lowest BCUT2D eigenvalue weighted by molar-refractivity contribution is 0.463. The molecule has 1 heterocycles. The second-order valence-electron chi connectivity index (χ2n) is 6.47. The Hall–Kier alpha value is -3.87. The Morgan fingerprint density at radius 2 is 1.64 bits per heavy atom. The summed E-state index contributed by atoms with van der Waals surface area (Å²) in [6.45, 7) is 1.72. The van der Waals surface area contributed by atoms with Crippen molar-refractivity contribution in [3.63, 3.8) is 0 Å². The minimum absolute atomic E-state index is 0.00182. The van der Waals surface area contributed by atoms with E-state index < -0.39 is 11.0 Å². The average molecular weight is 375 g/mol. The van der Waals surface area contributed by atoms with Gasteiger partial charge in [0.05, 0.1) is 22.5 Å². The molecule has 140 valence electrons. The van der Waals surface area contributed by atoms with Crippen LogP contribution in [0.4, 0.5) is 5.69 Å². The van der Waals surface area contributed by atoms with Crippen LogP contribution < -0.4 is 16.3 Å². The Morgan fingerprint density at radius 1 is 0.929 bits per heavy atom. The predicted octanol–water partition coefficient (Wildman–Crippen LogP) is 2.03. The molecule has 28 heavy (non-hydrogen) atoms. The first kappa shape index (κ1) is 17.5. The first-order valence-electron chi connectivity index (χ1n) is 8.60. The molecule has 0 aliphatic carbocycles. The number of nitrogens with zero attached hydrogens (tertiary/aromatic N) is 3. The molecule has 7 nitrogen and oxygen atoms in total. The maximum absolute atomic E-state index is 13.0. The minimum atomic E-state index is -0.508. The van der Waals surface area contributed by atoms with Crippen LogP contribution >= 0.6 is 0 Å². The SMILES string of the molecule is Cc1c(-c2c(O)c(=Nc3cccc(O)c3)c2=O)c(=O)n(-c2ccccc2)n1C. The van der Waals surface area contributed by atoms with Gasteiger partial charge in [0.25, 0.3) is 5.56 Å². The number of phenolic OH excluding ortho intramolecular Hbond substituents is 1. The van der Waals surface area contributed by atoms with Crippen molar-refractivity contribution in [2.24, 2.45) is 12.0 Å². The summed E-state index contributed by atoms with van der Waals surface area (Å²) < 4.78 is 3.09. The van der Waals surface area contributed by atoms with Crippen LogP contribution in [0.3, 0.4) is 0 Å². The van der Waals surface area contributed by atoms with Crippen LogP contribution in [-0.2, 0) is 7.05 Å². The highest BCUT2D eigenvalue weighted by Crippen LogP contribution is 2.27. The highest BCUT2D eigenvalue weighted by atomic mass is 16.3. The van der Waals surface area contributed by atoms with Gasteiger partial charge in [-0.1, -0.05) is 24.3 Å². The third kappa shape index (κ3) is 2.56. The average Bonchev–Trinajstić information content (AvgIpc) is 2.90. The molecule has 0 saturated heterocycles.